The van der Waals surface area contributed by atoms with E-state index in [2.05, 4.69) is 30.1 Å². The van der Waals surface area contributed by atoms with Crippen LogP contribution in [0.5, 0.6) is 0 Å². The van der Waals surface area contributed by atoms with Gasteiger partial charge in [0.1, 0.15) is 0 Å². The topological polar surface area (TPSA) is 73.1 Å². The van der Waals surface area contributed by atoms with Gasteiger partial charge in [0.05, 0.1) is 12.5 Å². The van der Waals surface area contributed by atoms with Gasteiger partial charge in [-0.05, 0) is 18.1 Å². The number of hydrogen-bond acceptors (Lipinski definition) is 5. The zero-order chi connectivity index (χ0) is 15.1. The molecule has 1 heterocycles. The molecule has 0 unspecified atom stereocenters. The minimum Gasteiger partial charge on any atom is -0.354 e. The van der Waals surface area contributed by atoms with Crippen molar-refractivity contribution < 1.29 is 4.79 Å². The fraction of sp³-hybridized carbons (Fsp3) is 0.571. The highest BCUT2D eigenvalue weighted by Crippen LogP contribution is 2.13. The summed E-state index contributed by atoms with van der Waals surface area (Å²) in [7, 11) is 3.35. The Kier molecular flexibility index (Phi) is 5.91. The summed E-state index contributed by atoms with van der Waals surface area (Å²) in [5.41, 5.74) is 0.323. The first-order valence-electron chi connectivity index (χ1n) is 6.63. The summed E-state index contributed by atoms with van der Waals surface area (Å²) in [5.74, 6) is 0.985. The molecule has 0 aliphatic heterocycles. The van der Waals surface area contributed by atoms with E-state index in [0.717, 1.165) is 6.54 Å². The molecule has 6 nitrogen and oxygen atoms in total. The molecule has 0 fully saturated rings. The Labute approximate surface area is 120 Å². The maximum absolute atomic E-state index is 11.7. The average molecular weight is 275 g/mol. The van der Waals surface area contributed by atoms with Crippen LogP contribution in [0.4, 0.5) is 5.82 Å². The van der Waals surface area contributed by atoms with Crippen molar-refractivity contribution in [2.45, 2.75) is 20.3 Å². The SMILES string of the molecule is CC(C)CN(CCC#N)c1ccc(C(=O)N(C)C)nn1. The zero-order valence-corrected chi connectivity index (χ0v) is 12.5. The predicted octanol–water partition coefficient (Wildman–Crippen LogP) is 1.55. The maximum atomic E-state index is 11.7. The molecule has 20 heavy (non-hydrogen) atoms. The van der Waals surface area contributed by atoms with E-state index in [4.69, 9.17) is 5.26 Å². The minimum atomic E-state index is -0.170. The van der Waals surface area contributed by atoms with E-state index < -0.39 is 0 Å². The molecule has 0 saturated heterocycles. The molecular formula is C14H21N5O. The molecule has 108 valence electrons. The molecule has 0 aliphatic rings. The van der Waals surface area contributed by atoms with Crippen LogP contribution in [0.25, 0.3) is 0 Å². The number of rotatable bonds is 6. The summed E-state index contributed by atoms with van der Waals surface area (Å²) in [5, 5.41) is 16.8. The van der Waals surface area contributed by atoms with Crippen LogP contribution in [-0.4, -0.2) is 48.2 Å². The highest BCUT2D eigenvalue weighted by atomic mass is 16.2. The minimum absolute atomic E-state index is 0.170. The Balaban J connectivity index is 2.87. The summed E-state index contributed by atoms with van der Waals surface area (Å²) in [4.78, 5) is 15.2. The Morgan fingerprint density at radius 1 is 1.35 bits per heavy atom. The van der Waals surface area contributed by atoms with Gasteiger partial charge in [0, 0.05) is 27.2 Å². The Morgan fingerprint density at radius 2 is 2.05 bits per heavy atom. The lowest BCUT2D eigenvalue weighted by atomic mass is 10.2. The average Bonchev–Trinajstić information content (AvgIpc) is 2.42. The van der Waals surface area contributed by atoms with E-state index in [1.807, 2.05) is 4.90 Å². The van der Waals surface area contributed by atoms with E-state index in [1.165, 1.54) is 4.90 Å². The predicted molar refractivity (Wildman–Crippen MR) is 77.3 cm³/mol. The van der Waals surface area contributed by atoms with Gasteiger partial charge in [-0.25, -0.2) is 0 Å². The summed E-state index contributed by atoms with van der Waals surface area (Å²) in [6.45, 7) is 5.63. The van der Waals surface area contributed by atoms with Crippen LogP contribution in [0.1, 0.15) is 30.8 Å². The number of amides is 1. The van der Waals surface area contributed by atoms with E-state index in [9.17, 15) is 4.79 Å². The molecule has 0 saturated carbocycles. The van der Waals surface area contributed by atoms with Crippen molar-refractivity contribution in [2.24, 2.45) is 5.92 Å². The van der Waals surface area contributed by atoms with Gasteiger partial charge in [-0.2, -0.15) is 5.26 Å². The lowest BCUT2D eigenvalue weighted by molar-refractivity contribution is 0.0821. The van der Waals surface area contributed by atoms with Crippen LogP contribution in [0.2, 0.25) is 0 Å². The first kappa shape index (κ1) is 15.9. The van der Waals surface area contributed by atoms with Gasteiger partial charge in [-0.15, -0.1) is 10.2 Å². The van der Waals surface area contributed by atoms with Crippen molar-refractivity contribution in [1.82, 2.24) is 15.1 Å². The summed E-state index contributed by atoms with van der Waals surface area (Å²) < 4.78 is 0. The molecule has 0 aliphatic carbocycles. The molecule has 0 bridgehead atoms. The van der Waals surface area contributed by atoms with Gasteiger partial charge in [0.15, 0.2) is 11.5 Å². The largest absolute Gasteiger partial charge is 0.354 e. The molecule has 1 rings (SSSR count). The van der Waals surface area contributed by atoms with Crippen molar-refractivity contribution >= 4 is 11.7 Å². The smallest absolute Gasteiger partial charge is 0.273 e. The highest BCUT2D eigenvalue weighted by molar-refractivity contribution is 5.91. The number of nitriles is 1. The van der Waals surface area contributed by atoms with Crippen molar-refractivity contribution in [2.75, 3.05) is 32.1 Å². The Morgan fingerprint density at radius 3 is 2.50 bits per heavy atom. The molecular weight excluding hydrogens is 254 g/mol. The van der Waals surface area contributed by atoms with Crippen LogP contribution in [-0.2, 0) is 0 Å². The molecule has 1 aromatic rings. The van der Waals surface area contributed by atoms with Gasteiger partial charge < -0.3 is 9.80 Å². The van der Waals surface area contributed by atoms with Crippen LogP contribution < -0.4 is 4.90 Å². The second-order valence-corrected chi connectivity index (χ2v) is 5.22. The Hall–Kier alpha value is -2.16. The lowest BCUT2D eigenvalue weighted by Gasteiger charge is -2.24. The fourth-order valence-corrected chi connectivity index (χ4v) is 1.76. The van der Waals surface area contributed by atoms with Gasteiger partial charge >= 0.3 is 0 Å². The third kappa shape index (κ3) is 4.50. The molecule has 0 aromatic carbocycles. The van der Waals surface area contributed by atoms with E-state index >= 15 is 0 Å². The molecule has 6 heteroatoms. The number of aromatic nitrogens is 2. The fourth-order valence-electron chi connectivity index (χ4n) is 1.76. The molecule has 0 radical (unpaired) electrons. The molecule has 0 N–H and O–H groups in total. The zero-order valence-electron chi connectivity index (χ0n) is 12.5. The van der Waals surface area contributed by atoms with Crippen LogP contribution in [0, 0.1) is 17.2 Å². The van der Waals surface area contributed by atoms with Crippen molar-refractivity contribution in [3.63, 3.8) is 0 Å². The second-order valence-electron chi connectivity index (χ2n) is 5.22. The van der Waals surface area contributed by atoms with E-state index in [0.29, 0.717) is 30.4 Å². The molecule has 1 amide bonds. The maximum Gasteiger partial charge on any atom is 0.273 e. The molecule has 0 atom stereocenters. The van der Waals surface area contributed by atoms with E-state index in [-0.39, 0.29) is 5.91 Å². The van der Waals surface area contributed by atoms with Gasteiger partial charge in [-0.1, -0.05) is 13.8 Å². The number of carbonyl (C=O) groups excluding carboxylic acids is 1. The quantitative estimate of drug-likeness (QED) is 0.787. The van der Waals surface area contributed by atoms with Crippen molar-refractivity contribution in [3.05, 3.63) is 17.8 Å². The highest BCUT2D eigenvalue weighted by Gasteiger charge is 2.13. The van der Waals surface area contributed by atoms with Gasteiger partial charge in [0.2, 0.25) is 0 Å². The second kappa shape index (κ2) is 7.43. The number of hydrogen-bond donors (Lipinski definition) is 0. The Bertz CT molecular complexity index is 475. The van der Waals surface area contributed by atoms with Crippen LogP contribution in [0.15, 0.2) is 12.1 Å². The molecule has 0 spiro atoms. The van der Waals surface area contributed by atoms with E-state index in [1.54, 1.807) is 26.2 Å². The summed E-state index contributed by atoms with van der Waals surface area (Å²) in [6.07, 6.45) is 0.437. The first-order chi connectivity index (χ1) is 9.45. The third-order valence-electron chi connectivity index (χ3n) is 2.68. The third-order valence-corrected chi connectivity index (χ3v) is 2.68. The lowest BCUT2D eigenvalue weighted by Crippen LogP contribution is -2.30. The van der Waals surface area contributed by atoms with Crippen molar-refractivity contribution in [3.8, 4) is 6.07 Å². The van der Waals surface area contributed by atoms with Crippen LogP contribution in [0.3, 0.4) is 0 Å². The standard InChI is InChI=1S/C14H21N5O/c1-11(2)10-19(9-5-8-15)13-7-6-12(16-17-13)14(20)18(3)4/h6-7,11H,5,9-10H2,1-4H3. The van der Waals surface area contributed by atoms with Gasteiger partial charge in [-0.3, -0.25) is 4.79 Å². The molecule has 1 aromatic heterocycles. The summed E-state index contributed by atoms with van der Waals surface area (Å²) in [6, 6.07) is 5.59. The van der Waals surface area contributed by atoms with Crippen LogP contribution >= 0.6 is 0 Å². The normalized spacial score (nSPS) is 10.2. The summed E-state index contributed by atoms with van der Waals surface area (Å²) >= 11 is 0. The van der Waals surface area contributed by atoms with Crippen molar-refractivity contribution in [1.29, 1.82) is 5.26 Å². The number of anilines is 1. The number of carbonyl (C=O) groups is 1. The van der Waals surface area contributed by atoms with Gasteiger partial charge in [0.25, 0.3) is 5.91 Å². The number of nitrogens with zero attached hydrogens (tertiary/aromatic N) is 5. The monoisotopic (exact) mass is 275 g/mol. The first-order valence-corrected chi connectivity index (χ1v) is 6.63.